The molecule has 0 saturated carbocycles. The molecule has 2 N–H and O–H groups in total. The molecular formula is C32H27F2N5O2. The molecule has 6 rings (SSSR count). The van der Waals surface area contributed by atoms with Gasteiger partial charge in [-0.25, -0.2) is 23.4 Å². The highest BCUT2D eigenvalue weighted by atomic mass is 19.1. The Bertz CT molecular complexity index is 1850. The number of aromatic nitrogens is 4. The summed E-state index contributed by atoms with van der Waals surface area (Å²) in [7, 11) is 0. The number of allylic oxidation sites excluding steroid dienone is 2. The number of nitrogens with two attached hydrogens (primary N) is 1. The fourth-order valence-electron chi connectivity index (χ4n) is 5.46. The van der Waals surface area contributed by atoms with Crippen molar-refractivity contribution in [3.05, 3.63) is 107 Å². The van der Waals surface area contributed by atoms with Crippen LogP contribution in [0.2, 0.25) is 0 Å². The van der Waals surface area contributed by atoms with E-state index in [9.17, 15) is 9.18 Å². The van der Waals surface area contributed by atoms with Gasteiger partial charge in [-0.15, -0.1) is 0 Å². The third-order valence-corrected chi connectivity index (χ3v) is 7.48. The van der Waals surface area contributed by atoms with Crippen molar-refractivity contribution in [2.75, 3.05) is 5.73 Å². The molecule has 0 aliphatic carbocycles. The van der Waals surface area contributed by atoms with Gasteiger partial charge in [0.25, 0.3) is 0 Å². The molecule has 9 heteroatoms. The van der Waals surface area contributed by atoms with Crippen LogP contribution >= 0.6 is 0 Å². The smallest absolute Gasteiger partial charge is 0.164 e. The molecule has 0 bridgehead atoms. The number of fused-ring (bicyclic) bond motifs is 2. The van der Waals surface area contributed by atoms with E-state index in [-0.39, 0.29) is 17.6 Å². The molecule has 0 saturated heterocycles. The molecule has 0 radical (unpaired) electrons. The third-order valence-electron chi connectivity index (χ3n) is 7.48. The van der Waals surface area contributed by atoms with Crippen LogP contribution in [0.5, 0.6) is 5.75 Å². The van der Waals surface area contributed by atoms with Crippen molar-refractivity contribution < 1.29 is 18.3 Å². The Morgan fingerprint density at radius 3 is 2.51 bits per heavy atom. The fourth-order valence-corrected chi connectivity index (χ4v) is 5.46. The Labute approximate surface area is 235 Å². The van der Waals surface area contributed by atoms with Crippen LogP contribution in [0.4, 0.5) is 14.6 Å². The molecule has 41 heavy (non-hydrogen) atoms. The summed E-state index contributed by atoms with van der Waals surface area (Å²) in [6.07, 6.45) is 2.17. The van der Waals surface area contributed by atoms with Crippen LogP contribution in [0, 0.1) is 11.6 Å². The largest absolute Gasteiger partial charge is 0.459 e. The summed E-state index contributed by atoms with van der Waals surface area (Å²) in [6.45, 7) is 5.70. The van der Waals surface area contributed by atoms with Gasteiger partial charge in [-0.05, 0) is 48.2 Å². The van der Waals surface area contributed by atoms with Gasteiger partial charge in [0.05, 0.1) is 11.3 Å². The van der Waals surface area contributed by atoms with Crippen molar-refractivity contribution >= 4 is 28.7 Å². The van der Waals surface area contributed by atoms with Crippen molar-refractivity contribution in [2.45, 2.75) is 38.6 Å². The Kier molecular flexibility index (Phi) is 6.57. The molecule has 0 amide bonds. The van der Waals surface area contributed by atoms with E-state index in [2.05, 4.69) is 9.97 Å². The number of rotatable bonds is 6. The van der Waals surface area contributed by atoms with Crippen molar-refractivity contribution in [2.24, 2.45) is 0 Å². The number of aldehydes is 1. The van der Waals surface area contributed by atoms with Gasteiger partial charge in [-0.3, -0.25) is 0 Å². The molecular weight excluding hydrogens is 524 g/mol. The van der Waals surface area contributed by atoms with E-state index in [4.69, 9.17) is 15.6 Å². The standard InChI is InChI=1S/C32H27F2N5O2/c1-17(2)22-12-11-20(14-25(22)34)29-28-31(35)36-16-37-32(28)39(38-29)18(3)30-27(19-7-6-8-21(33)13-19)24(15-40)23-9-4-5-10-26(23)41-30/h4-18,24H,1-3H3,(H2,35,36,37). The molecule has 0 fully saturated rings. The van der Waals surface area contributed by atoms with Gasteiger partial charge in [-0.1, -0.05) is 56.3 Å². The Morgan fingerprint density at radius 1 is 0.976 bits per heavy atom. The number of nitrogen functional groups attached to an aromatic ring is 1. The van der Waals surface area contributed by atoms with E-state index in [1.807, 2.05) is 39.0 Å². The minimum atomic E-state index is -0.710. The topological polar surface area (TPSA) is 95.9 Å². The first-order valence-electron chi connectivity index (χ1n) is 13.3. The predicted octanol–water partition coefficient (Wildman–Crippen LogP) is 6.82. The van der Waals surface area contributed by atoms with E-state index < -0.39 is 17.8 Å². The molecule has 2 unspecified atom stereocenters. The fraction of sp³-hybridized carbons (Fsp3) is 0.188. The number of nitrogens with zero attached hydrogens (tertiary/aromatic N) is 4. The summed E-state index contributed by atoms with van der Waals surface area (Å²) in [6, 6.07) is 17.6. The Morgan fingerprint density at radius 2 is 1.78 bits per heavy atom. The number of ether oxygens (including phenoxy) is 1. The number of benzene rings is 3. The number of carbonyl (C=O) groups is 1. The van der Waals surface area contributed by atoms with Crippen molar-refractivity contribution in [1.29, 1.82) is 0 Å². The number of hydrogen-bond acceptors (Lipinski definition) is 6. The van der Waals surface area contributed by atoms with Crippen LogP contribution < -0.4 is 10.5 Å². The third kappa shape index (κ3) is 4.43. The van der Waals surface area contributed by atoms with E-state index in [0.717, 1.165) is 6.29 Å². The minimum absolute atomic E-state index is 0.0112. The van der Waals surface area contributed by atoms with Crippen LogP contribution in [0.1, 0.15) is 55.3 Å². The summed E-state index contributed by atoms with van der Waals surface area (Å²) in [5.74, 6) is -0.373. The maximum Gasteiger partial charge on any atom is 0.164 e. The molecule has 3 heterocycles. The first kappa shape index (κ1) is 26.3. The van der Waals surface area contributed by atoms with Gasteiger partial charge in [0.1, 0.15) is 53.3 Å². The quantitative estimate of drug-likeness (QED) is 0.233. The van der Waals surface area contributed by atoms with E-state index in [1.54, 1.807) is 35.0 Å². The highest BCUT2D eigenvalue weighted by molar-refractivity contribution is 5.98. The zero-order valence-electron chi connectivity index (χ0n) is 22.7. The molecule has 2 atom stereocenters. The monoisotopic (exact) mass is 551 g/mol. The molecule has 1 aliphatic rings. The van der Waals surface area contributed by atoms with Gasteiger partial charge < -0.3 is 15.3 Å². The predicted molar refractivity (Wildman–Crippen MR) is 153 cm³/mol. The molecule has 206 valence electrons. The minimum Gasteiger partial charge on any atom is -0.459 e. The zero-order valence-corrected chi connectivity index (χ0v) is 22.7. The maximum absolute atomic E-state index is 15.0. The molecule has 1 aliphatic heterocycles. The number of para-hydroxylation sites is 1. The molecule has 7 nitrogen and oxygen atoms in total. The van der Waals surface area contributed by atoms with Crippen LogP contribution in [0.15, 0.2) is 78.8 Å². The highest BCUT2D eigenvalue weighted by Crippen LogP contribution is 2.46. The first-order valence-corrected chi connectivity index (χ1v) is 13.3. The zero-order chi connectivity index (χ0) is 28.8. The van der Waals surface area contributed by atoms with Gasteiger partial charge in [0, 0.05) is 16.7 Å². The van der Waals surface area contributed by atoms with Crippen molar-refractivity contribution in [3.63, 3.8) is 0 Å². The summed E-state index contributed by atoms with van der Waals surface area (Å²) >= 11 is 0. The van der Waals surface area contributed by atoms with Crippen molar-refractivity contribution in [3.8, 4) is 17.0 Å². The SMILES string of the molecule is CC(C)c1ccc(-c2nn(C(C)C3=C(c4cccc(F)c4)C(C=O)c4ccccc4O3)c3ncnc(N)c23)cc1F. The lowest BCUT2D eigenvalue weighted by Crippen LogP contribution is -2.23. The number of hydrogen-bond donors (Lipinski definition) is 1. The molecule has 2 aromatic heterocycles. The van der Waals surface area contributed by atoms with Crippen LogP contribution in [-0.4, -0.2) is 26.0 Å². The second-order valence-corrected chi connectivity index (χ2v) is 10.4. The lowest BCUT2D eigenvalue weighted by atomic mass is 9.83. The van der Waals surface area contributed by atoms with Gasteiger partial charge >= 0.3 is 0 Å². The maximum atomic E-state index is 15.0. The summed E-state index contributed by atoms with van der Waals surface area (Å²) in [4.78, 5) is 21.2. The van der Waals surface area contributed by atoms with Gasteiger partial charge in [0.2, 0.25) is 0 Å². The van der Waals surface area contributed by atoms with Crippen LogP contribution in [0.3, 0.4) is 0 Å². The average Bonchev–Trinajstić information content (AvgIpc) is 3.36. The van der Waals surface area contributed by atoms with E-state index in [0.29, 0.717) is 56.1 Å². The summed E-state index contributed by atoms with van der Waals surface area (Å²) in [5, 5.41) is 5.32. The normalized spacial score (nSPS) is 15.6. The second kappa shape index (κ2) is 10.2. The average molecular weight is 552 g/mol. The lowest BCUT2D eigenvalue weighted by molar-refractivity contribution is -0.108. The summed E-state index contributed by atoms with van der Waals surface area (Å²) < 4.78 is 37.5. The number of carbonyl (C=O) groups excluding carboxylic acids is 1. The van der Waals surface area contributed by atoms with Gasteiger partial charge in [-0.2, -0.15) is 5.10 Å². The second-order valence-electron chi connectivity index (χ2n) is 10.4. The lowest BCUT2D eigenvalue weighted by Gasteiger charge is -2.31. The van der Waals surface area contributed by atoms with Crippen LogP contribution in [-0.2, 0) is 4.79 Å². The van der Waals surface area contributed by atoms with Crippen molar-refractivity contribution in [1.82, 2.24) is 19.7 Å². The first-order chi connectivity index (χ1) is 19.8. The van der Waals surface area contributed by atoms with E-state index in [1.165, 1.54) is 24.5 Å². The summed E-state index contributed by atoms with van der Waals surface area (Å²) in [5.41, 5.74) is 9.95. The molecule has 5 aromatic rings. The molecule has 0 spiro atoms. The number of halogens is 2. The number of anilines is 1. The Balaban J connectivity index is 1.58. The van der Waals surface area contributed by atoms with Crippen LogP contribution in [0.25, 0.3) is 27.9 Å². The molecule has 3 aromatic carbocycles. The van der Waals surface area contributed by atoms with Gasteiger partial charge in [0.15, 0.2) is 5.65 Å². The van der Waals surface area contributed by atoms with E-state index >= 15 is 4.39 Å². The Hall–Kier alpha value is -4.92. The highest BCUT2D eigenvalue weighted by Gasteiger charge is 2.35.